The first-order valence-electron chi connectivity index (χ1n) is 11.0. The third-order valence-corrected chi connectivity index (χ3v) is 5.88. The summed E-state index contributed by atoms with van der Waals surface area (Å²) in [5, 5.41) is 7.70. The summed E-state index contributed by atoms with van der Waals surface area (Å²) in [6.07, 6.45) is 4.16. The van der Waals surface area contributed by atoms with Gasteiger partial charge in [-0.15, -0.1) is 0 Å². The van der Waals surface area contributed by atoms with Crippen molar-refractivity contribution in [1.82, 2.24) is 20.0 Å². The molecule has 0 saturated carbocycles. The van der Waals surface area contributed by atoms with Gasteiger partial charge in [-0.2, -0.15) is 5.10 Å². The van der Waals surface area contributed by atoms with Crippen LogP contribution in [0, 0.1) is 11.7 Å². The number of methoxy groups -OCH3 is 1. The Balaban J connectivity index is 1.63. The fraction of sp³-hybridized carbons (Fsp3) is 0.360. The molecule has 0 unspecified atom stereocenters. The van der Waals surface area contributed by atoms with Gasteiger partial charge in [-0.05, 0) is 49.6 Å². The average Bonchev–Trinajstić information content (AvgIpc) is 3.22. The predicted octanol–water partition coefficient (Wildman–Crippen LogP) is 4.04. The molecule has 32 heavy (non-hydrogen) atoms. The zero-order valence-corrected chi connectivity index (χ0v) is 18.6. The van der Waals surface area contributed by atoms with Gasteiger partial charge in [-0.1, -0.05) is 18.2 Å². The molecule has 4 rings (SSSR count). The highest BCUT2D eigenvalue weighted by Crippen LogP contribution is 2.30. The van der Waals surface area contributed by atoms with Gasteiger partial charge in [0.2, 0.25) is 5.91 Å². The maximum atomic E-state index is 14.9. The molecule has 1 atom stereocenters. The summed E-state index contributed by atoms with van der Waals surface area (Å²) in [4.78, 5) is 13.7. The number of ether oxygens (including phenoxy) is 1. The van der Waals surface area contributed by atoms with Crippen molar-refractivity contribution in [3.05, 3.63) is 66.1 Å². The van der Waals surface area contributed by atoms with Crippen LogP contribution < -0.4 is 10.1 Å². The molecular weight excluding hydrogens is 407 g/mol. The number of para-hydroxylation sites is 1. The molecule has 6 nitrogen and oxygen atoms in total. The van der Waals surface area contributed by atoms with Gasteiger partial charge in [0.15, 0.2) is 0 Å². The Morgan fingerprint density at radius 3 is 2.78 bits per heavy atom. The zero-order valence-electron chi connectivity index (χ0n) is 18.6. The summed E-state index contributed by atoms with van der Waals surface area (Å²) in [6.45, 7) is 4.77. The third-order valence-electron chi connectivity index (χ3n) is 5.88. The number of carbonyl (C=O) groups excluding carboxylic acids is 1. The number of piperidine rings is 1. The van der Waals surface area contributed by atoms with Gasteiger partial charge in [0.25, 0.3) is 0 Å². The van der Waals surface area contributed by atoms with Crippen LogP contribution in [-0.4, -0.2) is 47.3 Å². The molecule has 2 heterocycles. The number of benzene rings is 2. The first-order chi connectivity index (χ1) is 15.5. The minimum absolute atomic E-state index is 0.00327. The van der Waals surface area contributed by atoms with Crippen molar-refractivity contribution in [2.45, 2.75) is 26.3 Å². The van der Waals surface area contributed by atoms with Crippen LogP contribution in [0.2, 0.25) is 0 Å². The molecule has 0 bridgehead atoms. The molecule has 3 aromatic rings. The maximum absolute atomic E-state index is 14.9. The lowest BCUT2D eigenvalue weighted by Gasteiger charge is -2.32. The summed E-state index contributed by atoms with van der Waals surface area (Å²) < 4.78 is 21.9. The number of hydrogen-bond acceptors (Lipinski definition) is 4. The normalized spacial score (nSPS) is 16.7. The largest absolute Gasteiger partial charge is 0.497 e. The third kappa shape index (κ3) is 5.16. The van der Waals surface area contributed by atoms with E-state index in [9.17, 15) is 9.18 Å². The summed E-state index contributed by atoms with van der Waals surface area (Å²) in [5.41, 5.74) is 2.99. The molecule has 1 aliphatic heterocycles. The zero-order chi connectivity index (χ0) is 22.5. The molecule has 1 amide bonds. The van der Waals surface area contributed by atoms with Crippen LogP contribution in [0.3, 0.4) is 0 Å². The lowest BCUT2D eigenvalue weighted by atomic mass is 9.97. The lowest BCUT2D eigenvalue weighted by Crippen LogP contribution is -2.40. The van der Waals surface area contributed by atoms with E-state index in [2.05, 4.69) is 10.2 Å². The minimum atomic E-state index is -0.355. The Morgan fingerprint density at radius 1 is 1.25 bits per heavy atom. The molecule has 168 valence electrons. The van der Waals surface area contributed by atoms with Crippen molar-refractivity contribution in [1.29, 1.82) is 0 Å². The van der Waals surface area contributed by atoms with E-state index in [4.69, 9.17) is 9.84 Å². The quantitative estimate of drug-likeness (QED) is 0.607. The summed E-state index contributed by atoms with van der Waals surface area (Å²) in [6, 6.07) is 14.7. The van der Waals surface area contributed by atoms with Crippen molar-refractivity contribution in [3.63, 3.8) is 0 Å². The maximum Gasteiger partial charge on any atom is 0.216 e. The molecular formula is C25H29FN4O2. The second-order valence-corrected chi connectivity index (χ2v) is 8.31. The highest BCUT2D eigenvalue weighted by Gasteiger charge is 2.23. The van der Waals surface area contributed by atoms with Gasteiger partial charge in [0.05, 0.1) is 12.8 Å². The van der Waals surface area contributed by atoms with Gasteiger partial charge < -0.3 is 10.1 Å². The van der Waals surface area contributed by atoms with E-state index in [1.807, 2.05) is 41.2 Å². The smallest absolute Gasteiger partial charge is 0.216 e. The average molecular weight is 437 g/mol. The monoisotopic (exact) mass is 436 g/mol. The molecule has 0 radical (unpaired) electrons. The Morgan fingerprint density at radius 2 is 2.06 bits per heavy atom. The molecule has 0 aliphatic carbocycles. The van der Waals surface area contributed by atoms with E-state index in [1.165, 1.54) is 13.2 Å². The van der Waals surface area contributed by atoms with Gasteiger partial charge in [0, 0.05) is 49.9 Å². The van der Waals surface area contributed by atoms with Crippen LogP contribution in [0.1, 0.15) is 25.3 Å². The standard InChI is InChI=1S/C25H29FN4O2/c1-18(31)27-14-19-7-6-12-29(15-19)16-20-17-30(21-8-4-3-5-9-21)28-25(20)23-11-10-22(32-2)13-24(23)26/h3-5,8-11,13,17,19H,6-7,12,14-16H2,1-2H3,(H,27,31)/t19-/m1/s1. The molecule has 2 aromatic carbocycles. The number of carbonyl (C=O) groups is 1. The van der Waals surface area contributed by atoms with Crippen molar-refractivity contribution >= 4 is 5.91 Å². The van der Waals surface area contributed by atoms with Crippen LogP contribution >= 0.6 is 0 Å². The van der Waals surface area contributed by atoms with Gasteiger partial charge in [0.1, 0.15) is 17.3 Å². The number of hydrogen-bond donors (Lipinski definition) is 1. The van der Waals surface area contributed by atoms with Crippen LogP contribution in [-0.2, 0) is 11.3 Å². The van der Waals surface area contributed by atoms with E-state index in [-0.39, 0.29) is 11.7 Å². The minimum Gasteiger partial charge on any atom is -0.497 e. The Kier molecular flexibility index (Phi) is 6.85. The van der Waals surface area contributed by atoms with Crippen LogP contribution in [0.5, 0.6) is 5.75 Å². The van der Waals surface area contributed by atoms with E-state index < -0.39 is 0 Å². The number of nitrogens with one attached hydrogen (secondary N) is 1. The molecule has 1 aromatic heterocycles. The molecule has 1 N–H and O–H groups in total. The summed E-state index contributed by atoms with van der Waals surface area (Å²) in [7, 11) is 1.53. The Bertz CT molecular complexity index is 1070. The number of amides is 1. The van der Waals surface area contributed by atoms with Gasteiger partial charge in [-0.3, -0.25) is 9.69 Å². The van der Waals surface area contributed by atoms with Crippen molar-refractivity contribution in [2.75, 3.05) is 26.7 Å². The van der Waals surface area contributed by atoms with Gasteiger partial charge in [-0.25, -0.2) is 9.07 Å². The fourth-order valence-electron chi connectivity index (χ4n) is 4.27. The first kappa shape index (κ1) is 22.0. The highest BCUT2D eigenvalue weighted by atomic mass is 19.1. The number of likely N-dealkylation sites (tertiary alicyclic amines) is 1. The highest BCUT2D eigenvalue weighted by molar-refractivity contribution is 5.72. The fourth-order valence-corrected chi connectivity index (χ4v) is 4.27. The summed E-state index contributed by atoms with van der Waals surface area (Å²) in [5.74, 6) is 0.541. The van der Waals surface area contributed by atoms with Crippen molar-refractivity contribution in [2.24, 2.45) is 5.92 Å². The van der Waals surface area contributed by atoms with Crippen LogP contribution in [0.4, 0.5) is 4.39 Å². The Hall–Kier alpha value is -3.19. The lowest BCUT2D eigenvalue weighted by molar-refractivity contribution is -0.119. The molecule has 7 heteroatoms. The number of nitrogens with zero attached hydrogens (tertiary/aromatic N) is 3. The number of halogens is 1. The molecule has 0 spiro atoms. The number of aromatic nitrogens is 2. The van der Waals surface area contributed by atoms with E-state index in [0.717, 1.165) is 37.2 Å². The van der Waals surface area contributed by atoms with Crippen molar-refractivity contribution in [3.8, 4) is 22.7 Å². The second kappa shape index (κ2) is 9.96. The van der Waals surface area contributed by atoms with Crippen molar-refractivity contribution < 1.29 is 13.9 Å². The summed E-state index contributed by atoms with van der Waals surface area (Å²) >= 11 is 0. The topological polar surface area (TPSA) is 59.4 Å². The SMILES string of the molecule is COc1ccc(-c2nn(-c3ccccc3)cc2CN2CCC[C@H](CNC(C)=O)C2)c(F)c1. The van der Waals surface area contributed by atoms with Crippen LogP contribution in [0.15, 0.2) is 54.7 Å². The first-order valence-corrected chi connectivity index (χ1v) is 11.0. The van der Waals surface area contributed by atoms with E-state index >= 15 is 0 Å². The predicted molar refractivity (Wildman–Crippen MR) is 122 cm³/mol. The van der Waals surface area contributed by atoms with Gasteiger partial charge >= 0.3 is 0 Å². The van der Waals surface area contributed by atoms with E-state index in [0.29, 0.717) is 36.0 Å². The molecule has 1 saturated heterocycles. The van der Waals surface area contributed by atoms with Crippen LogP contribution in [0.25, 0.3) is 16.9 Å². The molecule has 1 aliphatic rings. The molecule has 1 fully saturated rings. The Labute approximate surface area is 188 Å². The van der Waals surface area contributed by atoms with E-state index in [1.54, 1.807) is 19.1 Å². The second-order valence-electron chi connectivity index (χ2n) is 8.31. The number of rotatable bonds is 7.